The molecule has 3 unspecified atom stereocenters. The minimum Gasteiger partial charge on any atom is -0.493 e. The molecule has 3 atom stereocenters. The Morgan fingerprint density at radius 2 is 1.63 bits per heavy atom. The first-order valence-electron chi connectivity index (χ1n) is 13.6. The summed E-state index contributed by atoms with van der Waals surface area (Å²) in [5.41, 5.74) is 3.77. The first-order chi connectivity index (χ1) is 20.7. The molecular weight excluding hydrogens is 587 g/mol. The average Bonchev–Trinajstić information content (AvgIpc) is 3.44. The molecular formula is C32H29N3O6S2. The van der Waals surface area contributed by atoms with Crippen LogP contribution in [0.1, 0.15) is 27.5 Å². The lowest BCUT2D eigenvalue weighted by Crippen LogP contribution is -2.33. The highest BCUT2D eigenvalue weighted by Crippen LogP contribution is 2.54. The van der Waals surface area contributed by atoms with E-state index in [1.165, 1.54) is 35.4 Å². The molecule has 3 amide bonds. The van der Waals surface area contributed by atoms with Crippen molar-refractivity contribution in [3.8, 4) is 11.5 Å². The van der Waals surface area contributed by atoms with E-state index in [9.17, 15) is 19.2 Å². The quantitative estimate of drug-likeness (QED) is 0.293. The number of carbonyl (C=O) groups is 3. The molecule has 11 heteroatoms. The summed E-state index contributed by atoms with van der Waals surface area (Å²) < 4.78 is 12.4. The number of carbonyl (C=O) groups excluding carboxylic acids is 3. The van der Waals surface area contributed by atoms with Crippen LogP contribution in [0.5, 0.6) is 11.5 Å². The molecule has 9 nitrogen and oxygen atoms in total. The number of thiazole rings is 1. The Hall–Kier alpha value is -4.35. The Bertz CT molecular complexity index is 1810. The van der Waals surface area contributed by atoms with Crippen molar-refractivity contribution in [2.45, 2.75) is 36.6 Å². The van der Waals surface area contributed by atoms with Gasteiger partial charge in [-0.05, 0) is 55.3 Å². The van der Waals surface area contributed by atoms with Crippen LogP contribution in [-0.4, -0.2) is 41.8 Å². The second-order valence-corrected chi connectivity index (χ2v) is 12.6. The van der Waals surface area contributed by atoms with Crippen LogP contribution < -0.4 is 24.6 Å². The molecule has 0 radical (unpaired) electrons. The number of methoxy groups -OCH3 is 2. The lowest BCUT2D eigenvalue weighted by molar-refractivity contribution is -0.122. The van der Waals surface area contributed by atoms with Crippen LogP contribution >= 0.6 is 23.1 Å². The van der Waals surface area contributed by atoms with Gasteiger partial charge in [-0.3, -0.25) is 23.7 Å². The van der Waals surface area contributed by atoms with Crippen LogP contribution in [-0.2, 0) is 20.9 Å². The minimum absolute atomic E-state index is 0.230. The predicted octanol–water partition coefficient (Wildman–Crippen LogP) is 4.98. The molecule has 1 saturated heterocycles. The molecule has 1 aromatic heterocycles. The fourth-order valence-electron chi connectivity index (χ4n) is 5.66. The molecule has 2 aliphatic rings. The van der Waals surface area contributed by atoms with Gasteiger partial charge in [-0.25, -0.2) is 4.90 Å². The lowest BCUT2D eigenvalue weighted by Gasteiger charge is -2.31. The number of anilines is 2. The summed E-state index contributed by atoms with van der Waals surface area (Å²) in [6, 6.07) is 20.0. The van der Waals surface area contributed by atoms with Crippen LogP contribution in [0, 0.1) is 19.8 Å². The smallest absolute Gasteiger partial charge is 0.308 e. The standard InChI is InChI=1S/C32H29N3O6S2/c1-17-9-12-20(13-10-17)35-29(37)26-25(19-11-14-22(40-3)23(15-19)41-4)28-31(42-27(26)30(35)38)34(32(39)43-28)16-24(36)33-21-8-6-5-7-18(21)2/h5-15,25-27H,16H2,1-4H3,(H,33,36). The molecule has 220 valence electrons. The molecule has 1 N–H and O–H groups in total. The largest absolute Gasteiger partial charge is 0.493 e. The van der Waals surface area contributed by atoms with Crippen molar-refractivity contribution in [2.24, 2.45) is 5.92 Å². The Morgan fingerprint density at radius 3 is 2.33 bits per heavy atom. The van der Waals surface area contributed by atoms with Crippen molar-refractivity contribution >= 4 is 52.2 Å². The van der Waals surface area contributed by atoms with Gasteiger partial charge in [-0.2, -0.15) is 0 Å². The van der Waals surface area contributed by atoms with Crippen molar-refractivity contribution in [3.05, 3.63) is 98.0 Å². The van der Waals surface area contributed by atoms with E-state index >= 15 is 0 Å². The van der Waals surface area contributed by atoms with E-state index in [4.69, 9.17) is 9.47 Å². The number of amides is 3. The number of aromatic nitrogens is 1. The molecule has 3 heterocycles. The van der Waals surface area contributed by atoms with Crippen molar-refractivity contribution < 1.29 is 23.9 Å². The summed E-state index contributed by atoms with van der Waals surface area (Å²) in [6.45, 7) is 3.60. The molecule has 1 fully saturated rings. The number of hydrogen-bond donors (Lipinski definition) is 1. The molecule has 3 aromatic carbocycles. The predicted molar refractivity (Wildman–Crippen MR) is 167 cm³/mol. The summed E-state index contributed by atoms with van der Waals surface area (Å²) in [4.78, 5) is 56.2. The normalized spacial score (nSPS) is 19.2. The van der Waals surface area contributed by atoms with E-state index in [0.29, 0.717) is 38.3 Å². The van der Waals surface area contributed by atoms with Crippen molar-refractivity contribution in [1.82, 2.24) is 4.57 Å². The van der Waals surface area contributed by atoms with E-state index in [-0.39, 0.29) is 29.1 Å². The van der Waals surface area contributed by atoms with Gasteiger partial charge < -0.3 is 14.8 Å². The van der Waals surface area contributed by atoms with Crippen LogP contribution in [0.3, 0.4) is 0 Å². The maximum Gasteiger partial charge on any atom is 0.308 e. The summed E-state index contributed by atoms with van der Waals surface area (Å²) in [5.74, 6) is -1.45. The van der Waals surface area contributed by atoms with E-state index < -0.39 is 17.1 Å². The minimum atomic E-state index is -0.793. The number of ether oxygens (including phenoxy) is 2. The van der Waals surface area contributed by atoms with Gasteiger partial charge in [0.05, 0.1) is 30.9 Å². The summed E-state index contributed by atoms with van der Waals surface area (Å²) in [5, 5.41) is 2.61. The highest BCUT2D eigenvalue weighted by Gasteiger charge is 2.57. The molecule has 0 saturated carbocycles. The van der Waals surface area contributed by atoms with Gasteiger partial charge in [0, 0.05) is 16.5 Å². The van der Waals surface area contributed by atoms with Gasteiger partial charge in [-0.15, -0.1) is 0 Å². The Labute approximate surface area is 256 Å². The molecule has 0 aliphatic carbocycles. The fraction of sp³-hybridized carbons (Fsp3) is 0.250. The Balaban J connectivity index is 1.44. The lowest BCUT2D eigenvalue weighted by atomic mass is 9.83. The van der Waals surface area contributed by atoms with E-state index in [1.807, 2.05) is 50.2 Å². The first-order valence-corrected chi connectivity index (χ1v) is 15.3. The maximum absolute atomic E-state index is 14.1. The molecule has 6 rings (SSSR count). The maximum atomic E-state index is 14.1. The highest BCUT2D eigenvalue weighted by molar-refractivity contribution is 8.00. The third-order valence-corrected chi connectivity index (χ3v) is 10.4. The molecule has 0 bridgehead atoms. The zero-order chi connectivity index (χ0) is 30.4. The van der Waals surface area contributed by atoms with Crippen molar-refractivity contribution in [1.29, 1.82) is 0 Å². The molecule has 2 aliphatic heterocycles. The van der Waals surface area contributed by atoms with Crippen molar-refractivity contribution in [3.63, 3.8) is 0 Å². The van der Waals surface area contributed by atoms with Crippen LogP contribution in [0.15, 0.2) is 76.6 Å². The Morgan fingerprint density at radius 1 is 0.907 bits per heavy atom. The summed E-state index contributed by atoms with van der Waals surface area (Å²) in [7, 11) is 3.06. The topological polar surface area (TPSA) is 107 Å². The SMILES string of the molecule is COc1ccc(C2c3sc(=O)n(CC(=O)Nc4ccccc4C)c3SC3C(=O)N(c4ccc(C)cc4)C(=O)C32)cc1OC. The monoisotopic (exact) mass is 615 g/mol. The second-order valence-electron chi connectivity index (χ2n) is 10.5. The highest BCUT2D eigenvalue weighted by atomic mass is 32.2. The number of aryl methyl sites for hydroxylation is 2. The zero-order valence-electron chi connectivity index (χ0n) is 24.0. The Kier molecular flexibility index (Phi) is 7.61. The van der Waals surface area contributed by atoms with E-state index in [1.54, 1.807) is 30.3 Å². The van der Waals surface area contributed by atoms with Gasteiger partial charge in [0.2, 0.25) is 17.7 Å². The number of rotatable bonds is 7. The van der Waals surface area contributed by atoms with Crippen LogP contribution in [0.4, 0.5) is 11.4 Å². The number of nitrogens with one attached hydrogen (secondary N) is 1. The number of fused-ring (bicyclic) bond motifs is 2. The number of imide groups is 1. The van der Waals surface area contributed by atoms with E-state index in [0.717, 1.165) is 22.5 Å². The first kappa shape index (κ1) is 28.8. The number of benzene rings is 3. The fourth-order valence-corrected chi connectivity index (χ4v) is 8.43. The van der Waals surface area contributed by atoms with Gasteiger partial charge >= 0.3 is 4.87 Å². The van der Waals surface area contributed by atoms with Crippen LogP contribution in [0.2, 0.25) is 0 Å². The van der Waals surface area contributed by atoms with Gasteiger partial charge in [0.15, 0.2) is 11.5 Å². The number of hydrogen-bond acceptors (Lipinski definition) is 8. The summed E-state index contributed by atoms with van der Waals surface area (Å²) >= 11 is 2.18. The molecule has 4 aromatic rings. The van der Waals surface area contributed by atoms with Gasteiger partial charge in [0.1, 0.15) is 11.8 Å². The number of thioether (sulfide) groups is 1. The van der Waals surface area contributed by atoms with Gasteiger partial charge in [-0.1, -0.05) is 65.1 Å². The van der Waals surface area contributed by atoms with E-state index in [2.05, 4.69) is 5.32 Å². The third-order valence-electron chi connectivity index (χ3n) is 7.83. The molecule has 0 spiro atoms. The molecule has 43 heavy (non-hydrogen) atoms. The second kappa shape index (κ2) is 11.4. The third kappa shape index (κ3) is 5.02. The van der Waals surface area contributed by atoms with Crippen molar-refractivity contribution in [2.75, 3.05) is 24.4 Å². The average molecular weight is 616 g/mol. The van der Waals surface area contributed by atoms with Crippen LogP contribution in [0.25, 0.3) is 0 Å². The zero-order valence-corrected chi connectivity index (χ0v) is 25.6. The number of nitrogens with zero attached hydrogens (tertiary/aromatic N) is 2. The summed E-state index contributed by atoms with van der Waals surface area (Å²) in [6.07, 6.45) is 0. The van der Waals surface area contributed by atoms with Gasteiger partial charge in [0.25, 0.3) is 0 Å². The number of para-hydroxylation sites is 1.